The Morgan fingerprint density at radius 1 is 1.33 bits per heavy atom. The van der Waals surface area contributed by atoms with Crippen molar-refractivity contribution in [2.45, 2.75) is 20.3 Å². The largest absolute Gasteiger partial charge is 0.422 e. The van der Waals surface area contributed by atoms with Crippen molar-refractivity contribution in [3.05, 3.63) is 47.3 Å². The lowest BCUT2D eigenvalue weighted by Gasteiger charge is -2.03. The summed E-state index contributed by atoms with van der Waals surface area (Å²) >= 11 is 0. The van der Waals surface area contributed by atoms with Gasteiger partial charge in [-0.05, 0) is 36.6 Å². The van der Waals surface area contributed by atoms with Crippen LogP contribution in [0.3, 0.4) is 0 Å². The van der Waals surface area contributed by atoms with Gasteiger partial charge in [-0.1, -0.05) is 19.9 Å². The van der Waals surface area contributed by atoms with E-state index >= 15 is 0 Å². The van der Waals surface area contributed by atoms with E-state index in [0.29, 0.717) is 5.92 Å². The zero-order valence-corrected chi connectivity index (χ0v) is 11.9. The fourth-order valence-electron chi connectivity index (χ4n) is 1.88. The van der Waals surface area contributed by atoms with Gasteiger partial charge >= 0.3 is 5.97 Å². The topological polar surface area (TPSA) is 98.1 Å². The first-order valence-electron chi connectivity index (χ1n) is 6.62. The first-order valence-corrected chi connectivity index (χ1v) is 6.62. The molecule has 0 bridgehead atoms. The van der Waals surface area contributed by atoms with Crippen LogP contribution in [0.25, 0.3) is 0 Å². The summed E-state index contributed by atoms with van der Waals surface area (Å²) in [5.41, 5.74) is 6.54. The van der Waals surface area contributed by atoms with Gasteiger partial charge in [0.25, 0.3) is 0 Å². The summed E-state index contributed by atoms with van der Waals surface area (Å²) in [6.45, 7) is 4.16. The molecule has 0 atom stereocenters. The minimum absolute atomic E-state index is 0.204. The molecule has 0 aliphatic carbocycles. The lowest BCUT2D eigenvalue weighted by Crippen LogP contribution is -2.12. The molecular formula is C15H17N3O3. The summed E-state index contributed by atoms with van der Waals surface area (Å²) < 4.78 is 5.18. The Hall–Kier alpha value is -2.63. The van der Waals surface area contributed by atoms with Gasteiger partial charge in [-0.2, -0.15) is 5.10 Å². The molecule has 2 rings (SSSR count). The molecule has 0 saturated heterocycles. The molecular weight excluding hydrogens is 270 g/mol. The van der Waals surface area contributed by atoms with Gasteiger partial charge in [0, 0.05) is 11.3 Å². The van der Waals surface area contributed by atoms with E-state index in [1.165, 1.54) is 6.07 Å². The quantitative estimate of drug-likeness (QED) is 0.648. The number of nitrogens with one attached hydrogen (secondary N) is 1. The van der Waals surface area contributed by atoms with Gasteiger partial charge in [0.1, 0.15) is 5.75 Å². The number of rotatable bonds is 5. The number of carbonyl (C=O) groups excluding carboxylic acids is 2. The summed E-state index contributed by atoms with van der Waals surface area (Å²) in [6, 6.07) is 7.81. The van der Waals surface area contributed by atoms with Crippen molar-refractivity contribution in [2.24, 2.45) is 11.7 Å². The van der Waals surface area contributed by atoms with E-state index in [9.17, 15) is 9.59 Å². The number of H-pyrrole nitrogens is 1. The number of aromatic nitrogens is 2. The maximum Gasteiger partial charge on any atom is 0.364 e. The average molecular weight is 287 g/mol. The fraction of sp³-hybridized carbons (Fsp3) is 0.267. The summed E-state index contributed by atoms with van der Waals surface area (Å²) in [4.78, 5) is 23.1. The molecule has 1 aromatic carbocycles. The van der Waals surface area contributed by atoms with Crippen LogP contribution in [0, 0.1) is 5.92 Å². The van der Waals surface area contributed by atoms with Crippen molar-refractivity contribution in [1.82, 2.24) is 10.2 Å². The van der Waals surface area contributed by atoms with Crippen LogP contribution in [0.15, 0.2) is 30.3 Å². The minimum atomic E-state index is -0.581. The highest BCUT2D eigenvalue weighted by molar-refractivity contribution is 5.94. The molecule has 2 aromatic rings. The highest BCUT2D eigenvalue weighted by Crippen LogP contribution is 2.15. The average Bonchev–Trinajstić information content (AvgIpc) is 2.86. The maximum absolute atomic E-state index is 12.0. The summed E-state index contributed by atoms with van der Waals surface area (Å²) in [5, 5.41) is 6.74. The predicted octanol–water partition coefficient (Wildman–Crippen LogP) is 1.93. The molecule has 0 aliphatic rings. The zero-order valence-electron chi connectivity index (χ0n) is 11.9. The van der Waals surface area contributed by atoms with E-state index < -0.39 is 11.9 Å². The second kappa shape index (κ2) is 6.21. The van der Waals surface area contributed by atoms with Crippen LogP contribution in [-0.2, 0) is 6.42 Å². The lowest BCUT2D eigenvalue weighted by molar-refractivity contribution is 0.0727. The predicted molar refractivity (Wildman–Crippen MR) is 77.0 cm³/mol. The van der Waals surface area contributed by atoms with Crippen LogP contribution >= 0.6 is 0 Å². The van der Waals surface area contributed by atoms with Gasteiger partial charge in [-0.3, -0.25) is 9.89 Å². The van der Waals surface area contributed by atoms with Gasteiger partial charge in [-0.15, -0.1) is 0 Å². The van der Waals surface area contributed by atoms with Crippen molar-refractivity contribution in [3.63, 3.8) is 0 Å². The van der Waals surface area contributed by atoms with Gasteiger partial charge in [-0.25, -0.2) is 4.79 Å². The maximum atomic E-state index is 12.0. The number of carbonyl (C=O) groups is 2. The molecule has 0 spiro atoms. The second-order valence-electron chi connectivity index (χ2n) is 5.16. The van der Waals surface area contributed by atoms with Crippen LogP contribution in [0.2, 0.25) is 0 Å². The zero-order chi connectivity index (χ0) is 15.4. The SMILES string of the molecule is CC(C)Cc1cc(C(=O)Oc2cccc(C(N)=O)c2)n[nH]1. The third-order valence-corrected chi connectivity index (χ3v) is 2.80. The molecule has 0 saturated carbocycles. The standard InChI is InChI=1S/C15H17N3O3/c1-9(2)6-11-8-13(18-17-11)15(20)21-12-5-3-4-10(7-12)14(16)19/h3-5,7-9H,6H2,1-2H3,(H2,16,19)(H,17,18). The number of ether oxygens (including phenoxy) is 1. The Bertz CT molecular complexity index is 662. The number of nitrogens with two attached hydrogens (primary N) is 1. The molecule has 3 N–H and O–H groups in total. The number of amides is 1. The highest BCUT2D eigenvalue weighted by Gasteiger charge is 2.14. The van der Waals surface area contributed by atoms with Crippen LogP contribution in [0.4, 0.5) is 0 Å². The van der Waals surface area contributed by atoms with Gasteiger partial charge in [0.15, 0.2) is 5.69 Å². The van der Waals surface area contributed by atoms with Crippen LogP contribution < -0.4 is 10.5 Å². The van der Waals surface area contributed by atoms with E-state index in [1.54, 1.807) is 24.3 Å². The van der Waals surface area contributed by atoms with Crippen molar-refractivity contribution >= 4 is 11.9 Å². The molecule has 6 nitrogen and oxygen atoms in total. The fourth-order valence-corrected chi connectivity index (χ4v) is 1.88. The Morgan fingerprint density at radius 3 is 2.76 bits per heavy atom. The summed E-state index contributed by atoms with van der Waals surface area (Å²) in [5.74, 6) is -0.443. The van der Waals surface area contributed by atoms with E-state index in [4.69, 9.17) is 10.5 Å². The van der Waals surface area contributed by atoms with Crippen LogP contribution in [0.5, 0.6) is 5.75 Å². The van der Waals surface area contributed by atoms with Crippen LogP contribution in [0.1, 0.15) is 40.4 Å². The number of hydrogen-bond acceptors (Lipinski definition) is 4. The molecule has 0 unspecified atom stereocenters. The Labute approximate surface area is 122 Å². The molecule has 0 aliphatic heterocycles. The third kappa shape index (κ3) is 3.92. The van der Waals surface area contributed by atoms with Crippen molar-refractivity contribution in [3.8, 4) is 5.75 Å². The Kier molecular flexibility index (Phi) is 4.37. The van der Waals surface area contributed by atoms with Gasteiger partial charge < -0.3 is 10.5 Å². The van der Waals surface area contributed by atoms with E-state index in [-0.39, 0.29) is 17.0 Å². The third-order valence-electron chi connectivity index (χ3n) is 2.80. The molecule has 21 heavy (non-hydrogen) atoms. The van der Waals surface area contributed by atoms with Crippen LogP contribution in [-0.4, -0.2) is 22.1 Å². The van der Waals surface area contributed by atoms with E-state index in [0.717, 1.165) is 12.1 Å². The normalized spacial score (nSPS) is 10.6. The second-order valence-corrected chi connectivity index (χ2v) is 5.16. The first-order chi connectivity index (χ1) is 9.95. The summed E-state index contributed by atoms with van der Waals surface area (Å²) in [7, 11) is 0. The molecule has 1 aromatic heterocycles. The van der Waals surface area contributed by atoms with Gasteiger partial charge in [0.2, 0.25) is 5.91 Å². The number of esters is 1. The molecule has 0 radical (unpaired) electrons. The first kappa shape index (κ1) is 14.8. The number of aromatic amines is 1. The monoisotopic (exact) mass is 287 g/mol. The molecule has 6 heteroatoms. The van der Waals surface area contributed by atoms with Crippen molar-refractivity contribution in [1.29, 1.82) is 0 Å². The number of nitrogens with zero attached hydrogens (tertiary/aromatic N) is 1. The summed E-state index contributed by atoms with van der Waals surface area (Å²) in [6.07, 6.45) is 0.803. The number of benzene rings is 1. The molecule has 110 valence electrons. The van der Waals surface area contributed by atoms with E-state index in [2.05, 4.69) is 24.0 Å². The smallest absolute Gasteiger partial charge is 0.364 e. The Morgan fingerprint density at radius 2 is 2.10 bits per heavy atom. The molecule has 1 heterocycles. The van der Waals surface area contributed by atoms with Crippen molar-refractivity contribution in [2.75, 3.05) is 0 Å². The highest BCUT2D eigenvalue weighted by atomic mass is 16.5. The lowest BCUT2D eigenvalue weighted by atomic mass is 10.1. The molecule has 1 amide bonds. The van der Waals surface area contributed by atoms with Gasteiger partial charge in [0.05, 0.1) is 0 Å². The van der Waals surface area contributed by atoms with E-state index in [1.807, 2.05) is 0 Å². The molecule has 0 fully saturated rings. The minimum Gasteiger partial charge on any atom is -0.422 e. The van der Waals surface area contributed by atoms with Crippen molar-refractivity contribution < 1.29 is 14.3 Å². The number of primary amides is 1. The Balaban J connectivity index is 2.09. The number of hydrogen-bond donors (Lipinski definition) is 2.